The van der Waals surface area contributed by atoms with Crippen molar-refractivity contribution in [2.24, 2.45) is 0 Å². The summed E-state index contributed by atoms with van der Waals surface area (Å²) >= 11 is 0. The summed E-state index contributed by atoms with van der Waals surface area (Å²) in [4.78, 5) is 23.3. The zero-order valence-corrected chi connectivity index (χ0v) is 11.5. The summed E-state index contributed by atoms with van der Waals surface area (Å²) in [6, 6.07) is -0.479. The van der Waals surface area contributed by atoms with Gasteiger partial charge in [-0.3, -0.25) is 4.79 Å². The van der Waals surface area contributed by atoms with Crippen molar-refractivity contribution in [2.75, 3.05) is 31.6 Å². The molecule has 2 N–H and O–H groups in total. The van der Waals surface area contributed by atoms with Crippen LogP contribution < -0.4 is 5.32 Å². The lowest BCUT2D eigenvalue weighted by atomic mass is 10.4. The third kappa shape index (κ3) is 8.80. The first-order valence-electron chi connectivity index (χ1n) is 5.68. The Morgan fingerprint density at radius 2 is 1.94 bits per heavy atom. The Morgan fingerprint density at radius 3 is 2.39 bits per heavy atom. The van der Waals surface area contributed by atoms with Crippen molar-refractivity contribution in [3.63, 3.8) is 0 Å². The Labute approximate surface area is 107 Å². The van der Waals surface area contributed by atoms with Crippen molar-refractivity contribution >= 4 is 21.8 Å². The SMILES string of the molecule is CCCN(CC(=O)O)C(=O)NCCCS(C)(=O)=O. The molecular weight excluding hydrogens is 260 g/mol. The average molecular weight is 280 g/mol. The van der Waals surface area contributed by atoms with Gasteiger partial charge in [0.25, 0.3) is 0 Å². The highest BCUT2D eigenvalue weighted by Gasteiger charge is 2.15. The van der Waals surface area contributed by atoms with Crippen molar-refractivity contribution in [2.45, 2.75) is 19.8 Å². The fraction of sp³-hybridized carbons (Fsp3) is 0.800. The van der Waals surface area contributed by atoms with E-state index in [1.165, 1.54) is 4.90 Å². The molecule has 0 aliphatic rings. The Balaban J connectivity index is 4.06. The maximum Gasteiger partial charge on any atom is 0.323 e. The smallest absolute Gasteiger partial charge is 0.323 e. The molecule has 0 saturated heterocycles. The van der Waals surface area contributed by atoms with Crippen LogP contribution >= 0.6 is 0 Å². The van der Waals surface area contributed by atoms with Gasteiger partial charge in [0.15, 0.2) is 0 Å². The molecule has 0 aromatic carbocycles. The summed E-state index contributed by atoms with van der Waals surface area (Å²) in [7, 11) is -3.03. The van der Waals surface area contributed by atoms with Gasteiger partial charge in [-0.15, -0.1) is 0 Å². The predicted molar refractivity (Wildman–Crippen MR) is 67.2 cm³/mol. The summed E-state index contributed by atoms with van der Waals surface area (Å²) in [6.45, 7) is 2.05. The number of rotatable bonds is 8. The van der Waals surface area contributed by atoms with Crippen LogP contribution in [0.15, 0.2) is 0 Å². The zero-order chi connectivity index (χ0) is 14.2. The van der Waals surface area contributed by atoms with Gasteiger partial charge in [0.2, 0.25) is 0 Å². The number of aliphatic carboxylic acids is 1. The number of nitrogens with zero attached hydrogens (tertiary/aromatic N) is 1. The van der Waals surface area contributed by atoms with Gasteiger partial charge >= 0.3 is 12.0 Å². The maximum atomic E-state index is 11.6. The molecule has 0 rings (SSSR count). The van der Waals surface area contributed by atoms with Crippen molar-refractivity contribution in [3.05, 3.63) is 0 Å². The van der Waals surface area contributed by atoms with E-state index in [2.05, 4.69) is 5.32 Å². The van der Waals surface area contributed by atoms with Gasteiger partial charge in [0.05, 0.1) is 5.75 Å². The molecule has 0 heterocycles. The van der Waals surface area contributed by atoms with Gasteiger partial charge in [0, 0.05) is 19.3 Å². The van der Waals surface area contributed by atoms with Crippen LogP contribution in [0.5, 0.6) is 0 Å². The molecule has 0 saturated carbocycles. The molecule has 0 atom stereocenters. The topological polar surface area (TPSA) is 104 Å². The molecule has 0 aromatic rings. The van der Waals surface area contributed by atoms with Crippen molar-refractivity contribution in [1.82, 2.24) is 10.2 Å². The highest BCUT2D eigenvalue weighted by atomic mass is 32.2. The number of carboxylic acid groups (broad SMARTS) is 1. The van der Waals surface area contributed by atoms with Crippen LogP contribution in [0.25, 0.3) is 0 Å². The second kappa shape index (κ2) is 7.91. The van der Waals surface area contributed by atoms with E-state index in [0.717, 1.165) is 6.26 Å². The van der Waals surface area contributed by atoms with E-state index < -0.39 is 21.8 Å². The molecule has 0 radical (unpaired) electrons. The number of amides is 2. The van der Waals surface area contributed by atoms with Crippen LogP contribution in [0.1, 0.15) is 19.8 Å². The molecular formula is C10H20N2O5S. The third-order valence-corrected chi connectivity index (χ3v) is 3.11. The van der Waals surface area contributed by atoms with E-state index in [0.29, 0.717) is 19.4 Å². The number of hydrogen-bond acceptors (Lipinski definition) is 4. The normalized spacial score (nSPS) is 11.0. The van der Waals surface area contributed by atoms with E-state index in [1.54, 1.807) is 0 Å². The minimum absolute atomic E-state index is 0.0000116. The van der Waals surface area contributed by atoms with E-state index in [-0.39, 0.29) is 18.8 Å². The lowest BCUT2D eigenvalue weighted by Gasteiger charge is -2.20. The van der Waals surface area contributed by atoms with Gasteiger partial charge in [-0.1, -0.05) is 6.92 Å². The van der Waals surface area contributed by atoms with Gasteiger partial charge in [-0.2, -0.15) is 0 Å². The molecule has 0 bridgehead atoms. The maximum absolute atomic E-state index is 11.6. The van der Waals surface area contributed by atoms with Crippen LogP contribution in [0.3, 0.4) is 0 Å². The number of carboxylic acids is 1. The van der Waals surface area contributed by atoms with Gasteiger partial charge in [-0.25, -0.2) is 13.2 Å². The predicted octanol–water partition coefficient (Wildman–Crippen LogP) is -0.0727. The quantitative estimate of drug-likeness (QED) is 0.606. The number of carbonyl (C=O) groups is 2. The molecule has 0 aliphatic heterocycles. The standard InChI is InChI=1S/C10H20N2O5S/c1-3-6-12(8-9(13)14)10(15)11-5-4-7-18(2,16)17/h3-8H2,1-2H3,(H,11,15)(H,13,14). The van der Waals surface area contributed by atoms with E-state index >= 15 is 0 Å². The van der Waals surface area contributed by atoms with Crippen molar-refractivity contribution < 1.29 is 23.1 Å². The fourth-order valence-electron chi connectivity index (χ4n) is 1.33. The molecule has 0 spiro atoms. The first-order valence-corrected chi connectivity index (χ1v) is 7.74. The zero-order valence-electron chi connectivity index (χ0n) is 10.7. The monoisotopic (exact) mass is 280 g/mol. The third-order valence-electron chi connectivity index (χ3n) is 2.07. The number of nitrogens with one attached hydrogen (secondary N) is 1. The van der Waals surface area contributed by atoms with Crippen LogP contribution in [0.4, 0.5) is 4.79 Å². The van der Waals surface area contributed by atoms with Crippen LogP contribution in [-0.2, 0) is 14.6 Å². The van der Waals surface area contributed by atoms with E-state index in [4.69, 9.17) is 5.11 Å². The summed E-state index contributed by atoms with van der Waals surface area (Å²) in [5.74, 6) is -1.07. The molecule has 2 amide bonds. The van der Waals surface area contributed by atoms with Crippen molar-refractivity contribution in [1.29, 1.82) is 0 Å². The van der Waals surface area contributed by atoms with Gasteiger partial charge in [0.1, 0.15) is 16.4 Å². The first kappa shape index (κ1) is 16.7. The van der Waals surface area contributed by atoms with Gasteiger partial charge in [-0.05, 0) is 12.8 Å². The van der Waals surface area contributed by atoms with Crippen LogP contribution in [-0.4, -0.2) is 62.1 Å². The number of hydrogen-bond donors (Lipinski definition) is 2. The first-order chi connectivity index (χ1) is 8.26. The molecule has 106 valence electrons. The highest BCUT2D eigenvalue weighted by Crippen LogP contribution is 1.94. The average Bonchev–Trinajstić information content (AvgIpc) is 2.21. The summed E-state index contributed by atoms with van der Waals surface area (Å²) < 4.78 is 21.7. The Morgan fingerprint density at radius 1 is 1.33 bits per heavy atom. The Kier molecular flexibility index (Phi) is 7.33. The second-order valence-corrected chi connectivity index (χ2v) is 6.29. The summed E-state index contributed by atoms with van der Waals surface area (Å²) in [5, 5.41) is 11.1. The van der Waals surface area contributed by atoms with E-state index in [9.17, 15) is 18.0 Å². The molecule has 0 fully saturated rings. The molecule has 0 unspecified atom stereocenters. The van der Waals surface area contributed by atoms with Crippen LogP contribution in [0.2, 0.25) is 0 Å². The lowest BCUT2D eigenvalue weighted by molar-refractivity contribution is -0.137. The largest absolute Gasteiger partial charge is 0.480 e. The number of urea groups is 1. The minimum Gasteiger partial charge on any atom is -0.480 e. The second-order valence-electron chi connectivity index (χ2n) is 4.03. The Hall–Kier alpha value is -1.31. The summed E-state index contributed by atoms with van der Waals surface area (Å²) in [6.07, 6.45) is 2.10. The molecule has 0 aromatic heterocycles. The molecule has 8 heteroatoms. The lowest BCUT2D eigenvalue weighted by Crippen LogP contribution is -2.43. The minimum atomic E-state index is -3.03. The number of sulfone groups is 1. The fourth-order valence-corrected chi connectivity index (χ4v) is 2.00. The number of carbonyl (C=O) groups excluding carboxylic acids is 1. The van der Waals surface area contributed by atoms with E-state index in [1.807, 2.05) is 6.92 Å². The molecule has 7 nitrogen and oxygen atoms in total. The summed E-state index contributed by atoms with van der Waals surface area (Å²) in [5.41, 5.74) is 0. The van der Waals surface area contributed by atoms with Crippen molar-refractivity contribution in [3.8, 4) is 0 Å². The highest BCUT2D eigenvalue weighted by molar-refractivity contribution is 7.90. The molecule has 0 aliphatic carbocycles. The van der Waals surface area contributed by atoms with Crippen LogP contribution in [0, 0.1) is 0 Å². The van der Waals surface area contributed by atoms with Gasteiger partial charge < -0.3 is 15.3 Å². The molecule has 18 heavy (non-hydrogen) atoms. The Bertz CT molecular complexity index is 380.